The van der Waals surface area contributed by atoms with Gasteiger partial charge in [0.1, 0.15) is 5.60 Å². The van der Waals surface area contributed by atoms with Gasteiger partial charge in [-0.3, -0.25) is 9.52 Å². The number of aliphatic hydroxyl groups excluding tert-OH is 1. The second kappa shape index (κ2) is 12.3. The van der Waals surface area contributed by atoms with Gasteiger partial charge in [-0.25, -0.2) is 8.42 Å². The van der Waals surface area contributed by atoms with Gasteiger partial charge in [0.15, 0.2) is 0 Å². The van der Waals surface area contributed by atoms with E-state index in [0.29, 0.717) is 12.1 Å². The van der Waals surface area contributed by atoms with Gasteiger partial charge >= 0.3 is 5.97 Å². The molecule has 30 heavy (non-hydrogen) atoms. The number of rotatable bonds is 14. The summed E-state index contributed by atoms with van der Waals surface area (Å²) in [6.07, 6.45) is 4.93. The van der Waals surface area contributed by atoms with Crippen LogP contribution in [0.1, 0.15) is 71.5 Å². The third-order valence-electron chi connectivity index (χ3n) is 4.92. The van der Waals surface area contributed by atoms with E-state index in [1.807, 2.05) is 13.8 Å². The molecule has 0 fully saturated rings. The number of anilines is 1. The molecule has 1 atom stereocenters. The van der Waals surface area contributed by atoms with Crippen molar-refractivity contribution in [3.8, 4) is 0 Å². The largest absolute Gasteiger partial charge is 0.460 e. The minimum atomic E-state index is -3.30. The maximum absolute atomic E-state index is 11.3. The topological polar surface area (TPSA) is 95.9 Å². The predicted octanol–water partition coefficient (Wildman–Crippen LogP) is 3.71. The second-order valence-electron chi connectivity index (χ2n) is 8.40. The number of sulfonamides is 1. The molecule has 0 saturated carbocycles. The zero-order chi connectivity index (χ0) is 22.8. The smallest absolute Gasteiger partial charge is 0.303 e. The lowest BCUT2D eigenvalue weighted by Gasteiger charge is -2.25. The lowest BCUT2D eigenvalue weighted by molar-refractivity contribution is -0.154. The predicted molar refractivity (Wildman–Crippen MR) is 121 cm³/mol. The summed E-state index contributed by atoms with van der Waals surface area (Å²) in [5.74, 6) is -0.241. The zero-order valence-corrected chi connectivity index (χ0v) is 19.8. The molecule has 0 radical (unpaired) electrons. The van der Waals surface area contributed by atoms with E-state index >= 15 is 0 Å². The molecule has 0 aliphatic rings. The fraction of sp³-hybridized carbons (Fsp3) is 0.682. The first-order chi connectivity index (χ1) is 13.9. The molecule has 172 valence electrons. The number of benzene rings is 1. The molecular weight excluding hydrogens is 404 g/mol. The van der Waals surface area contributed by atoms with Gasteiger partial charge in [0.2, 0.25) is 10.0 Å². The van der Waals surface area contributed by atoms with Gasteiger partial charge in [-0.05, 0) is 83.3 Å². The molecule has 0 aromatic heterocycles. The fourth-order valence-electron chi connectivity index (χ4n) is 3.42. The second-order valence-corrected chi connectivity index (χ2v) is 10.1. The maximum atomic E-state index is 11.3. The van der Waals surface area contributed by atoms with E-state index in [9.17, 15) is 18.3 Å². The summed E-state index contributed by atoms with van der Waals surface area (Å²) >= 11 is 0. The van der Waals surface area contributed by atoms with Crippen LogP contribution in [0.4, 0.5) is 5.69 Å². The summed E-state index contributed by atoms with van der Waals surface area (Å²) in [6.45, 7) is 10.3. The maximum Gasteiger partial charge on any atom is 0.303 e. The molecule has 0 bridgehead atoms. The van der Waals surface area contributed by atoms with Crippen molar-refractivity contribution in [1.29, 1.82) is 0 Å². The Morgan fingerprint density at radius 1 is 1.17 bits per heavy atom. The Balaban J connectivity index is 2.34. The van der Waals surface area contributed by atoms with Gasteiger partial charge in [0.05, 0.1) is 12.4 Å². The fourth-order valence-corrected chi connectivity index (χ4v) is 3.98. The molecule has 0 amide bonds. The summed E-state index contributed by atoms with van der Waals surface area (Å²) in [4.78, 5) is 13.5. The SMILES string of the molecule is CCN(CCCCC(C)(C)OC(C)=O)CCCC(O)c1ccc(NS(C)(=O)=O)cc1. The molecule has 1 rings (SSSR count). The van der Waals surface area contributed by atoms with E-state index in [0.717, 1.165) is 57.1 Å². The summed E-state index contributed by atoms with van der Waals surface area (Å²) in [7, 11) is -3.30. The summed E-state index contributed by atoms with van der Waals surface area (Å²) in [6, 6.07) is 6.83. The number of hydrogen-bond acceptors (Lipinski definition) is 6. The molecule has 1 aromatic rings. The van der Waals surface area contributed by atoms with E-state index in [1.54, 1.807) is 24.3 Å². The zero-order valence-electron chi connectivity index (χ0n) is 19.0. The van der Waals surface area contributed by atoms with Crippen molar-refractivity contribution in [1.82, 2.24) is 4.90 Å². The third-order valence-corrected chi connectivity index (χ3v) is 5.53. The standard InChI is InChI=1S/C22H38N2O5S/c1-6-24(16-8-7-15-22(3,4)29-18(2)25)17-9-10-21(26)19-11-13-20(14-12-19)23-30(5,27)28/h11-14,21,23,26H,6-10,15-17H2,1-5H3. The minimum Gasteiger partial charge on any atom is -0.460 e. The minimum absolute atomic E-state index is 0.241. The Labute approximate surface area is 181 Å². The van der Waals surface area contributed by atoms with Gasteiger partial charge in [0, 0.05) is 12.6 Å². The Morgan fingerprint density at radius 2 is 1.77 bits per heavy atom. The van der Waals surface area contributed by atoms with Crippen LogP contribution in [0.15, 0.2) is 24.3 Å². The van der Waals surface area contributed by atoms with Crippen molar-refractivity contribution in [3.05, 3.63) is 29.8 Å². The molecule has 0 spiro atoms. The Hall–Kier alpha value is -1.64. The Bertz CT molecular complexity index is 747. The van der Waals surface area contributed by atoms with Crippen LogP contribution in [0.2, 0.25) is 0 Å². The number of ether oxygens (including phenoxy) is 1. The third kappa shape index (κ3) is 11.5. The highest BCUT2D eigenvalue weighted by atomic mass is 32.2. The normalized spacial score (nSPS) is 13.3. The Morgan fingerprint density at radius 3 is 2.30 bits per heavy atom. The van der Waals surface area contributed by atoms with E-state index in [-0.39, 0.29) is 5.97 Å². The van der Waals surface area contributed by atoms with Crippen LogP contribution < -0.4 is 4.72 Å². The molecular formula is C22H38N2O5S. The number of esters is 1. The number of aliphatic hydroxyl groups is 1. The number of nitrogens with zero attached hydrogens (tertiary/aromatic N) is 1. The molecule has 1 unspecified atom stereocenters. The molecule has 0 heterocycles. The van der Waals surface area contributed by atoms with Gasteiger partial charge in [-0.15, -0.1) is 0 Å². The molecule has 0 aliphatic heterocycles. The van der Waals surface area contributed by atoms with Crippen LogP contribution in [0.5, 0.6) is 0 Å². The van der Waals surface area contributed by atoms with Crippen molar-refractivity contribution in [2.24, 2.45) is 0 Å². The number of nitrogens with one attached hydrogen (secondary N) is 1. The van der Waals surface area contributed by atoms with E-state index in [4.69, 9.17) is 4.74 Å². The van der Waals surface area contributed by atoms with Gasteiger partial charge in [-0.2, -0.15) is 0 Å². The van der Waals surface area contributed by atoms with Crippen LogP contribution in [-0.2, 0) is 19.6 Å². The number of hydrogen-bond donors (Lipinski definition) is 2. The van der Waals surface area contributed by atoms with E-state index in [1.165, 1.54) is 6.92 Å². The van der Waals surface area contributed by atoms with Gasteiger partial charge in [0.25, 0.3) is 0 Å². The number of carbonyl (C=O) groups excluding carboxylic acids is 1. The summed E-state index contributed by atoms with van der Waals surface area (Å²) in [5.41, 5.74) is 0.853. The Kier molecular flexibility index (Phi) is 10.8. The average molecular weight is 443 g/mol. The first kappa shape index (κ1) is 26.4. The van der Waals surface area contributed by atoms with E-state index < -0.39 is 21.7 Å². The van der Waals surface area contributed by atoms with Crippen LogP contribution in [0, 0.1) is 0 Å². The molecule has 2 N–H and O–H groups in total. The van der Waals surface area contributed by atoms with Crippen LogP contribution in [-0.4, -0.2) is 55.9 Å². The average Bonchev–Trinajstić information content (AvgIpc) is 2.61. The monoisotopic (exact) mass is 442 g/mol. The molecule has 0 aliphatic carbocycles. The van der Waals surface area contributed by atoms with Crippen molar-refractivity contribution < 1.29 is 23.1 Å². The van der Waals surface area contributed by atoms with Crippen LogP contribution in [0.25, 0.3) is 0 Å². The van der Waals surface area contributed by atoms with Gasteiger partial charge < -0.3 is 14.7 Å². The molecule has 7 nitrogen and oxygen atoms in total. The number of carbonyl (C=O) groups is 1. The first-order valence-corrected chi connectivity index (χ1v) is 12.5. The lowest BCUT2D eigenvalue weighted by atomic mass is 10.0. The highest BCUT2D eigenvalue weighted by Crippen LogP contribution is 2.21. The van der Waals surface area contributed by atoms with Crippen molar-refractivity contribution in [2.75, 3.05) is 30.6 Å². The van der Waals surface area contributed by atoms with Crippen molar-refractivity contribution in [2.45, 2.75) is 71.5 Å². The lowest BCUT2D eigenvalue weighted by Crippen LogP contribution is -2.28. The molecule has 8 heteroatoms. The van der Waals surface area contributed by atoms with Gasteiger partial charge in [-0.1, -0.05) is 19.1 Å². The first-order valence-electron chi connectivity index (χ1n) is 10.6. The summed E-state index contributed by atoms with van der Waals surface area (Å²) in [5, 5.41) is 10.4. The molecule has 0 saturated heterocycles. The quantitative estimate of drug-likeness (QED) is 0.337. The summed E-state index contributed by atoms with van der Waals surface area (Å²) < 4.78 is 30.2. The van der Waals surface area contributed by atoms with Crippen molar-refractivity contribution >= 4 is 21.7 Å². The van der Waals surface area contributed by atoms with Crippen LogP contribution in [0.3, 0.4) is 0 Å². The van der Waals surface area contributed by atoms with Crippen molar-refractivity contribution in [3.63, 3.8) is 0 Å². The highest BCUT2D eigenvalue weighted by Gasteiger charge is 2.20. The van der Waals surface area contributed by atoms with E-state index in [2.05, 4.69) is 16.5 Å². The highest BCUT2D eigenvalue weighted by molar-refractivity contribution is 7.92. The number of unbranched alkanes of at least 4 members (excludes halogenated alkanes) is 1. The molecule has 1 aromatic carbocycles. The van der Waals surface area contributed by atoms with Crippen LogP contribution >= 0.6 is 0 Å².